The van der Waals surface area contributed by atoms with Gasteiger partial charge in [0.25, 0.3) is 0 Å². The first-order valence-electron chi connectivity index (χ1n) is 7.62. The zero-order chi connectivity index (χ0) is 17.5. The van der Waals surface area contributed by atoms with Crippen LogP contribution in [0.25, 0.3) is 0 Å². The average Bonchev–Trinajstić information content (AvgIpc) is 2.56. The minimum absolute atomic E-state index is 0.368. The molecule has 0 fully saturated rings. The van der Waals surface area contributed by atoms with Crippen molar-refractivity contribution >= 4 is 23.2 Å². The van der Waals surface area contributed by atoms with E-state index in [9.17, 15) is 5.11 Å². The lowest BCUT2D eigenvalue weighted by Crippen LogP contribution is -2.23. The van der Waals surface area contributed by atoms with Crippen molar-refractivity contribution in [1.29, 1.82) is 0 Å². The molecule has 0 spiro atoms. The molecule has 0 bridgehead atoms. The van der Waals surface area contributed by atoms with Gasteiger partial charge in [-0.2, -0.15) is 0 Å². The summed E-state index contributed by atoms with van der Waals surface area (Å²) in [5.41, 5.74) is 1.98. The summed E-state index contributed by atoms with van der Waals surface area (Å²) < 4.78 is 11.2. The van der Waals surface area contributed by atoms with E-state index >= 15 is 0 Å². The van der Waals surface area contributed by atoms with Crippen LogP contribution in [0.1, 0.15) is 18.1 Å². The number of nitrogens with one attached hydrogen (secondary N) is 1. The molecule has 0 radical (unpaired) electrons. The second kappa shape index (κ2) is 9.14. The largest absolute Gasteiger partial charge is 0.493 e. The number of methoxy groups -OCH3 is 1. The minimum Gasteiger partial charge on any atom is -0.493 e. The molecule has 4 nitrogen and oxygen atoms in total. The van der Waals surface area contributed by atoms with E-state index < -0.39 is 0 Å². The maximum atomic E-state index is 9.27. The molecule has 0 aliphatic heterocycles. The highest BCUT2D eigenvalue weighted by molar-refractivity contribution is 6.42. The highest BCUT2D eigenvalue weighted by Crippen LogP contribution is 2.29. The van der Waals surface area contributed by atoms with Gasteiger partial charge in [0.2, 0.25) is 0 Å². The van der Waals surface area contributed by atoms with Crippen LogP contribution in [-0.2, 0) is 13.2 Å². The summed E-state index contributed by atoms with van der Waals surface area (Å²) in [6.45, 7) is 3.30. The molecule has 2 N–H and O–H groups in total. The summed E-state index contributed by atoms with van der Waals surface area (Å²) in [5, 5.41) is 13.5. The average molecular weight is 370 g/mol. The minimum atomic E-state index is -0.374. The summed E-state index contributed by atoms with van der Waals surface area (Å²) in [5.74, 6) is 1.31. The standard InChI is InChI=1S/C18H21Cl2NO3/c1-12(22)9-21-10-13-4-6-17(18(8-13)23-2)24-11-14-3-5-15(19)16(20)7-14/h3-8,12,21-22H,9-11H2,1-2H3/t12-/m1/s1. The predicted molar refractivity (Wildman–Crippen MR) is 97.2 cm³/mol. The Labute approximate surface area is 152 Å². The monoisotopic (exact) mass is 369 g/mol. The molecule has 130 valence electrons. The summed E-state index contributed by atoms with van der Waals surface area (Å²) in [7, 11) is 1.61. The van der Waals surface area contributed by atoms with Gasteiger partial charge in [-0.05, 0) is 42.3 Å². The van der Waals surface area contributed by atoms with Gasteiger partial charge in [0.1, 0.15) is 6.61 Å². The second-order valence-corrected chi connectivity index (χ2v) is 6.32. The van der Waals surface area contributed by atoms with Crippen LogP contribution in [-0.4, -0.2) is 24.9 Å². The Morgan fingerprint density at radius 2 is 1.79 bits per heavy atom. The number of halogens is 2. The Morgan fingerprint density at radius 1 is 1.04 bits per heavy atom. The highest BCUT2D eigenvalue weighted by atomic mass is 35.5. The second-order valence-electron chi connectivity index (χ2n) is 5.50. The Hall–Kier alpha value is -1.46. The first-order chi connectivity index (χ1) is 11.5. The van der Waals surface area contributed by atoms with Gasteiger partial charge in [0.15, 0.2) is 11.5 Å². The van der Waals surface area contributed by atoms with Crippen molar-refractivity contribution in [3.05, 3.63) is 57.6 Å². The van der Waals surface area contributed by atoms with Gasteiger partial charge in [-0.3, -0.25) is 0 Å². The summed E-state index contributed by atoms with van der Waals surface area (Å²) in [6, 6.07) is 11.1. The Balaban J connectivity index is 2.00. The van der Waals surface area contributed by atoms with Crippen LogP contribution in [0.4, 0.5) is 0 Å². The molecule has 2 aromatic carbocycles. The molecule has 0 aliphatic rings. The van der Waals surface area contributed by atoms with Crippen LogP contribution in [0.2, 0.25) is 10.0 Å². The third-order valence-corrected chi connectivity index (χ3v) is 4.11. The van der Waals surface area contributed by atoms with Crippen molar-refractivity contribution in [1.82, 2.24) is 5.32 Å². The smallest absolute Gasteiger partial charge is 0.161 e. The van der Waals surface area contributed by atoms with Crippen LogP contribution in [0.3, 0.4) is 0 Å². The van der Waals surface area contributed by atoms with E-state index in [2.05, 4.69) is 5.32 Å². The molecule has 2 aromatic rings. The molecule has 0 aromatic heterocycles. The van der Waals surface area contributed by atoms with Crippen molar-refractivity contribution in [2.75, 3.05) is 13.7 Å². The predicted octanol–water partition coefficient (Wildman–Crippen LogP) is 4.05. The lowest BCUT2D eigenvalue weighted by Gasteiger charge is -2.13. The molecular formula is C18H21Cl2NO3. The summed E-state index contributed by atoms with van der Waals surface area (Å²) in [6.07, 6.45) is -0.374. The zero-order valence-electron chi connectivity index (χ0n) is 13.7. The fourth-order valence-electron chi connectivity index (χ4n) is 2.16. The molecule has 0 aliphatic carbocycles. The van der Waals surface area contributed by atoms with Crippen molar-refractivity contribution in [2.24, 2.45) is 0 Å². The Bertz CT molecular complexity index is 677. The SMILES string of the molecule is COc1cc(CNC[C@@H](C)O)ccc1OCc1ccc(Cl)c(Cl)c1. The summed E-state index contributed by atoms with van der Waals surface area (Å²) in [4.78, 5) is 0. The van der Waals surface area contributed by atoms with E-state index in [1.807, 2.05) is 24.3 Å². The number of benzene rings is 2. The molecule has 1 atom stereocenters. The molecule has 0 amide bonds. The maximum absolute atomic E-state index is 9.27. The van der Waals surface area contributed by atoms with Crippen molar-refractivity contribution in [3.63, 3.8) is 0 Å². The van der Waals surface area contributed by atoms with Gasteiger partial charge in [-0.25, -0.2) is 0 Å². The lowest BCUT2D eigenvalue weighted by molar-refractivity contribution is 0.191. The summed E-state index contributed by atoms with van der Waals surface area (Å²) >= 11 is 11.9. The number of aliphatic hydroxyl groups excluding tert-OH is 1. The maximum Gasteiger partial charge on any atom is 0.161 e. The molecule has 0 saturated heterocycles. The molecule has 2 rings (SSSR count). The van der Waals surface area contributed by atoms with Gasteiger partial charge in [0.05, 0.1) is 23.3 Å². The van der Waals surface area contributed by atoms with E-state index in [1.54, 1.807) is 26.2 Å². The zero-order valence-corrected chi connectivity index (χ0v) is 15.2. The number of aliphatic hydroxyl groups is 1. The van der Waals surface area contributed by atoms with Gasteiger partial charge in [-0.1, -0.05) is 35.3 Å². The highest BCUT2D eigenvalue weighted by Gasteiger charge is 2.07. The van der Waals surface area contributed by atoms with Crippen LogP contribution < -0.4 is 14.8 Å². The van der Waals surface area contributed by atoms with E-state index in [-0.39, 0.29) is 6.10 Å². The van der Waals surface area contributed by atoms with Crippen LogP contribution in [0.15, 0.2) is 36.4 Å². The van der Waals surface area contributed by atoms with Gasteiger partial charge >= 0.3 is 0 Å². The lowest BCUT2D eigenvalue weighted by atomic mass is 10.2. The van der Waals surface area contributed by atoms with Crippen molar-refractivity contribution in [2.45, 2.75) is 26.2 Å². The van der Waals surface area contributed by atoms with E-state index in [0.717, 1.165) is 11.1 Å². The van der Waals surface area contributed by atoms with E-state index in [1.165, 1.54) is 0 Å². The first-order valence-corrected chi connectivity index (χ1v) is 8.37. The molecule has 0 heterocycles. The number of rotatable bonds is 8. The first kappa shape index (κ1) is 18.9. The third kappa shape index (κ3) is 5.56. The quantitative estimate of drug-likeness (QED) is 0.736. The molecule has 6 heteroatoms. The third-order valence-electron chi connectivity index (χ3n) is 3.38. The molecule has 0 saturated carbocycles. The molecular weight excluding hydrogens is 349 g/mol. The van der Waals surface area contributed by atoms with Crippen LogP contribution in [0, 0.1) is 0 Å². The number of hydrogen-bond acceptors (Lipinski definition) is 4. The van der Waals surface area contributed by atoms with E-state index in [0.29, 0.717) is 41.2 Å². The van der Waals surface area contributed by atoms with E-state index in [4.69, 9.17) is 32.7 Å². The van der Waals surface area contributed by atoms with Gasteiger partial charge < -0.3 is 19.9 Å². The fraction of sp³-hybridized carbons (Fsp3) is 0.333. The van der Waals surface area contributed by atoms with Gasteiger partial charge in [-0.15, -0.1) is 0 Å². The normalized spacial score (nSPS) is 12.0. The number of ether oxygens (including phenoxy) is 2. The Kier molecular flexibility index (Phi) is 7.18. The van der Waals surface area contributed by atoms with Crippen molar-refractivity contribution < 1.29 is 14.6 Å². The molecule has 24 heavy (non-hydrogen) atoms. The van der Waals surface area contributed by atoms with Crippen LogP contribution >= 0.6 is 23.2 Å². The molecule has 0 unspecified atom stereocenters. The van der Waals surface area contributed by atoms with Crippen LogP contribution in [0.5, 0.6) is 11.5 Å². The van der Waals surface area contributed by atoms with Crippen molar-refractivity contribution in [3.8, 4) is 11.5 Å². The fourth-order valence-corrected chi connectivity index (χ4v) is 2.48. The Morgan fingerprint density at radius 3 is 2.46 bits per heavy atom. The number of hydrogen-bond donors (Lipinski definition) is 2. The van der Waals surface area contributed by atoms with Gasteiger partial charge in [0, 0.05) is 13.1 Å². The topological polar surface area (TPSA) is 50.7 Å².